The van der Waals surface area contributed by atoms with Gasteiger partial charge in [0.05, 0.1) is 0 Å². The van der Waals surface area contributed by atoms with Crippen LogP contribution in [0.4, 0.5) is 4.39 Å². The fourth-order valence-corrected chi connectivity index (χ4v) is 1.25. The number of rotatable bonds is 7. The number of unbranched alkanes of at least 4 members (excludes halogenated alkanes) is 1. The summed E-state index contributed by atoms with van der Waals surface area (Å²) < 4.78 is 18.2. The van der Waals surface area contributed by atoms with Crippen molar-refractivity contribution in [1.29, 1.82) is 0 Å². The fourth-order valence-electron chi connectivity index (χ4n) is 1.25. The smallest absolute Gasteiger partial charge is 0.257 e. The van der Waals surface area contributed by atoms with Crippen LogP contribution < -0.4 is 15.8 Å². The third-order valence-electron chi connectivity index (χ3n) is 2.15. The van der Waals surface area contributed by atoms with Crippen LogP contribution in [0, 0.1) is 5.82 Å². The summed E-state index contributed by atoms with van der Waals surface area (Å²) in [5.74, 6) is -0.640. The summed E-state index contributed by atoms with van der Waals surface area (Å²) in [4.78, 5) is 11.3. The van der Waals surface area contributed by atoms with Crippen LogP contribution in [0.25, 0.3) is 0 Å². The molecule has 1 aromatic rings. The predicted octanol–water partition coefficient (Wildman–Crippen LogP) is 1.06. The van der Waals surface area contributed by atoms with Crippen molar-refractivity contribution >= 4 is 5.91 Å². The van der Waals surface area contributed by atoms with E-state index in [2.05, 4.69) is 5.32 Å². The second kappa shape index (κ2) is 7.62. The second-order valence-electron chi connectivity index (χ2n) is 3.56. The number of amides is 1. The summed E-state index contributed by atoms with van der Waals surface area (Å²) in [6.07, 6.45) is 1.70. The van der Waals surface area contributed by atoms with Gasteiger partial charge in [0.2, 0.25) is 0 Å². The number of nitrogens with one attached hydrogen (secondary N) is 1. The number of carbonyl (C=O) groups excluding carboxylic acids is 1. The van der Waals surface area contributed by atoms with Gasteiger partial charge in [0.15, 0.2) is 18.2 Å². The van der Waals surface area contributed by atoms with Crippen LogP contribution in [0.3, 0.4) is 0 Å². The number of para-hydroxylation sites is 1. The average Bonchev–Trinajstić information content (AvgIpc) is 2.34. The molecule has 5 heteroatoms. The molecule has 4 nitrogen and oxygen atoms in total. The lowest BCUT2D eigenvalue weighted by Gasteiger charge is -2.07. The molecule has 0 spiro atoms. The molecule has 0 aliphatic carbocycles. The third-order valence-corrected chi connectivity index (χ3v) is 2.15. The molecule has 3 N–H and O–H groups in total. The molecule has 0 radical (unpaired) electrons. The molecule has 0 unspecified atom stereocenters. The van der Waals surface area contributed by atoms with E-state index < -0.39 is 5.82 Å². The van der Waals surface area contributed by atoms with Gasteiger partial charge in [0.25, 0.3) is 5.91 Å². The standard InChI is InChI=1S/C12H17FN2O2/c13-10-5-1-2-6-11(10)17-9-12(16)15-8-4-3-7-14/h1-2,5-6H,3-4,7-9,14H2,(H,15,16). The summed E-state index contributed by atoms with van der Waals surface area (Å²) in [6.45, 7) is 1.00. The molecule has 94 valence electrons. The first kappa shape index (κ1) is 13.4. The Bertz CT molecular complexity index is 358. The lowest BCUT2D eigenvalue weighted by molar-refractivity contribution is -0.123. The highest BCUT2D eigenvalue weighted by atomic mass is 19.1. The van der Waals surface area contributed by atoms with Crippen LogP contribution in [0.5, 0.6) is 5.75 Å². The Hall–Kier alpha value is -1.62. The maximum atomic E-state index is 13.1. The maximum absolute atomic E-state index is 13.1. The van der Waals surface area contributed by atoms with Gasteiger partial charge < -0.3 is 15.8 Å². The molecule has 1 amide bonds. The van der Waals surface area contributed by atoms with Gasteiger partial charge in [0, 0.05) is 6.54 Å². The van der Waals surface area contributed by atoms with E-state index in [4.69, 9.17) is 10.5 Å². The van der Waals surface area contributed by atoms with E-state index in [0.717, 1.165) is 12.8 Å². The quantitative estimate of drug-likeness (QED) is 0.700. The molecule has 0 aliphatic rings. The van der Waals surface area contributed by atoms with Crippen LogP contribution in [0.2, 0.25) is 0 Å². The molecule has 1 aromatic carbocycles. The molecule has 0 aromatic heterocycles. The molecule has 0 atom stereocenters. The number of halogens is 1. The molecule has 0 fully saturated rings. The van der Waals surface area contributed by atoms with Gasteiger partial charge in [-0.05, 0) is 31.5 Å². The molecule has 0 saturated heterocycles. The number of benzene rings is 1. The number of nitrogens with two attached hydrogens (primary N) is 1. The number of hydrogen-bond acceptors (Lipinski definition) is 3. The lowest BCUT2D eigenvalue weighted by atomic mass is 10.3. The van der Waals surface area contributed by atoms with Crippen LogP contribution in [-0.2, 0) is 4.79 Å². The first-order valence-corrected chi connectivity index (χ1v) is 5.58. The Balaban J connectivity index is 2.22. The monoisotopic (exact) mass is 240 g/mol. The van der Waals surface area contributed by atoms with E-state index in [1.54, 1.807) is 12.1 Å². The van der Waals surface area contributed by atoms with Crippen LogP contribution >= 0.6 is 0 Å². The van der Waals surface area contributed by atoms with Gasteiger partial charge in [-0.2, -0.15) is 0 Å². The summed E-state index contributed by atoms with van der Waals surface area (Å²) in [7, 11) is 0. The van der Waals surface area contributed by atoms with E-state index in [1.165, 1.54) is 12.1 Å². The van der Waals surface area contributed by atoms with Gasteiger partial charge in [-0.3, -0.25) is 4.79 Å². The summed E-state index contributed by atoms with van der Waals surface area (Å²) >= 11 is 0. The SMILES string of the molecule is NCCCCNC(=O)COc1ccccc1F. The molecular weight excluding hydrogens is 223 g/mol. The van der Waals surface area contributed by atoms with Crippen molar-refractivity contribution in [2.45, 2.75) is 12.8 Å². The predicted molar refractivity (Wildman–Crippen MR) is 63.2 cm³/mol. The highest BCUT2D eigenvalue weighted by Gasteiger charge is 2.05. The first-order chi connectivity index (χ1) is 8.24. The van der Waals surface area contributed by atoms with Crippen molar-refractivity contribution in [1.82, 2.24) is 5.32 Å². The van der Waals surface area contributed by atoms with Gasteiger partial charge in [-0.15, -0.1) is 0 Å². The minimum absolute atomic E-state index is 0.0876. The molecule has 0 saturated carbocycles. The van der Waals surface area contributed by atoms with Crippen LogP contribution in [-0.4, -0.2) is 25.6 Å². The third kappa shape index (κ3) is 5.31. The minimum Gasteiger partial charge on any atom is -0.481 e. The van der Waals surface area contributed by atoms with E-state index in [9.17, 15) is 9.18 Å². The molecular formula is C12H17FN2O2. The average molecular weight is 240 g/mol. The molecule has 0 bridgehead atoms. The van der Waals surface area contributed by atoms with Crippen molar-refractivity contribution in [2.75, 3.05) is 19.7 Å². The normalized spacial score (nSPS) is 10.0. The van der Waals surface area contributed by atoms with Crippen molar-refractivity contribution in [3.8, 4) is 5.75 Å². The summed E-state index contributed by atoms with van der Waals surface area (Å²) in [6, 6.07) is 5.98. The highest BCUT2D eigenvalue weighted by molar-refractivity contribution is 5.77. The van der Waals surface area contributed by atoms with Gasteiger partial charge >= 0.3 is 0 Å². The van der Waals surface area contributed by atoms with Crippen LogP contribution in [0.1, 0.15) is 12.8 Å². The zero-order valence-electron chi connectivity index (χ0n) is 9.62. The Labute approximate surface area is 100.0 Å². The van der Waals surface area contributed by atoms with Crippen molar-refractivity contribution in [3.05, 3.63) is 30.1 Å². The van der Waals surface area contributed by atoms with E-state index in [1.807, 2.05) is 0 Å². The summed E-state index contributed by atoms with van der Waals surface area (Å²) in [5.41, 5.74) is 5.32. The van der Waals surface area contributed by atoms with Crippen molar-refractivity contribution in [3.63, 3.8) is 0 Å². The van der Waals surface area contributed by atoms with Crippen molar-refractivity contribution in [2.24, 2.45) is 5.73 Å². The Morgan fingerprint density at radius 1 is 1.35 bits per heavy atom. The lowest BCUT2D eigenvalue weighted by Crippen LogP contribution is -2.30. The number of carbonyl (C=O) groups is 1. The largest absolute Gasteiger partial charge is 0.481 e. The number of ether oxygens (including phenoxy) is 1. The van der Waals surface area contributed by atoms with Gasteiger partial charge in [-0.25, -0.2) is 4.39 Å². The van der Waals surface area contributed by atoms with E-state index in [0.29, 0.717) is 13.1 Å². The molecule has 17 heavy (non-hydrogen) atoms. The second-order valence-corrected chi connectivity index (χ2v) is 3.56. The number of hydrogen-bond donors (Lipinski definition) is 2. The summed E-state index contributed by atoms with van der Waals surface area (Å²) in [5, 5.41) is 2.67. The highest BCUT2D eigenvalue weighted by Crippen LogP contribution is 2.14. The molecule has 1 rings (SSSR count). The van der Waals surface area contributed by atoms with Gasteiger partial charge in [-0.1, -0.05) is 12.1 Å². The topological polar surface area (TPSA) is 64.3 Å². The Morgan fingerprint density at radius 3 is 2.82 bits per heavy atom. The Kier molecular flexibility index (Phi) is 6.03. The van der Waals surface area contributed by atoms with E-state index >= 15 is 0 Å². The van der Waals surface area contributed by atoms with E-state index in [-0.39, 0.29) is 18.3 Å². The molecule has 0 heterocycles. The molecule has 0 aliphatic heterocycles. The first-order valence-electron chi connectivity index (χ1n) is 5.58. The zero-order chi connectivity index (χ0) is 12.5. The Morgan fingerprint density at radius 2 is 2.12 bits per heavy atom. The zero-order valence-corrected chi connectivity index (χ0v) is 9.62. The fraction of sp³-hybridized carbons (Fsp3) is 0.417. The minimum atomic E-state index is -0.469. The van der Waals surface area contributed by atoms with Gasteiger partial charge in [0.1, 0.15) is 0 Å². The van der Waals surface area contributed by atoms with Crippen molar-refractivity contribution < 1.29 is 13.9 Å². The maximum Gasteiger partial charge on any atom is 0.257 e. The van der Waals surface area contributed by atoms with Crippen LogP contribution in [0.15, 0.2) is 24.3 Å².